The summed E-state index contributed by atoms with van der Waals surface area (Å²) < 4.78 is 1.75. The summed E-state index contributed by atoms with van der Waals surface area (Å²) in [6, 6.07) is 3.55. The molecule has 0 atom stereocenters. The van der Waals surface area contributed by atoms with Crippen molar-refractivity contribution in [3.8, 4) is 0 Å². The summed E-state index contributed by atoms with van der Waals surface area (Å²) in [6.07, 6.45) is 7.16. The highest BCUT2D eigenvalue weighted by molar-refractivity contribution is 6.31. The Kier molecular flexibility index (Phi) is 2.77. The van der Waals surface area contributed by atoms with Crippen molar-refractivity contribution < 1.29 is 4.79 Å². The lowest BCUT2D eigenvalue weighted by Gasteiger charge is -2.14. The van der Waals surface area contributed by atoms with Crippen molar-refractivity contribution in [2.75, 3.05) is 0 Å². The number of rotatable bonds is 3. The Hall–Kier alpha value is -2.34. The standard InChI is InChI=1S/C15H14ClN5O/c1-21-8-10(6-18-21)15(2-3-15)20-14(22)12-5-9-4-11(16)7-17-13(9)19-12/h4-8H,2-3H2,1H3,(H,17,19)(H,20,22). The highest BCUT2D eigenvalue weighted by Gasteiger charge is 2.46. The molecule has 1 aliphatic rings. The van der Waals surface area contributed by atoms with Crippen LogP contribution in [-0.2, 0) is 12.6 Å². The van der Waals surface area contributed by atoms with E-state index < -0.39 is 0 Å². The number of pyridine rings is 1. The molecule has 0 spiro atoms. The number of halogens is 1. The maximum atomic E-state index is 12.5. The van der Waals surface area contributed by atoms with Crippen LogP contribution >= 0.6 is 11.6 Å². The molecule has 1 amide bonds. The molecule has 1 aliphatic carbocycles. The number of aromatic amines is 1. The van der Waals surface area contributed by atoms with Crippen LogP contribution < -0.4 is 5.32 Å². The number of hydrogen-bond donors (Lipinski definition) is 2. The molecule has 3 aromatic rings. The molecular formula is C15H14ClN5O. The molecule has 112 valence electrons. The molecule has 0 aromatic carbocycles. The molecule has 0 bridgehead atoms. The first kappa shape index (κ1) is 13.3. The van der Waals surface area contributed by atoms with E-state index in [1.54, 1.807) is 29.2 Å². The molecule has 22 heavy (non-hydrogen) atoms. The van der Waals surface area contributed by atoms with Gasteiger partial charge in [0.05, 0.1) is 16.8 Å². The predicted molar refractivity (Wildman–Crippen MR) is 82.7 cm³/mol. The van der Waals surface area contributed by atoms with Crippen molar-refractivity contribution in [3.05, 3.63) is 47.0 Å². The molecule has 0 aliphatic heterocycles. The summed E-state index contributed by atoms with van der Waals surface area (Å²) in [5.41, 5.74) is 1.90. The van der Waals surface area contributed by atoms with Gasteiger partial charge >= 0.3 is 0 Å². The van der Waals surface area contributed by atoms with E-state index in [4.69, 9.17) is 11.6 Å². The van der Waals surface area contributed by atoms with Gasteiger partial charge in [-0.2, -0.15) is 5.10 Å². The number of hydrogen-bond acceptors (Lipinski definition) is 3. The summed E-state index contributed by atoms with van der Waals surface area (Å²) in [4.78, 5) is 19.7. The lowest BCUT2D eigenvalue weighted by atomic mass is 10.1. The van der Waals surface area contributed by atoms with Gasteiger partial charge in [-0.25, -0.2) is 4.98 Å². The largest absolute Gasteiger partial charge is 0.341 e. The predicted octanol–water partition coefficient (Wildman–Crippen LogP) is 2.37. The molecule has 7 heteroatoms. The fourth-order valence-electron chi connectivity index (χ4n) is 2.67. The quantitative estimate of drug-likeness (QED) is 0.779. The SMILES string of the molecule is Cn1cc(C2(NC(=O)c3cc4cc(Cl)cnc4[nH]3)CC2)cn1. The Bertz CT molecular complexity index is 877. The summed E-state index contributed by atoms with van der Waals surface area (Å²) in [6.45, 7) is 0. The van der Waals surface area contributed by atoms with Gasteiger partial charge < -0.3 is 10.3 Å². The number of H-pyrrole nitrogens is 1. The van der Waals surface area contributed by atoms with Gasteiger partial charge in [0.2, 0.25) is 0 Å². The van der Waals surface area contributed by atoms with Crippen LogP contribution in [0, 0.1) is 0 Å². The van der Waals surface area contributed by atoms with E-state index in [0.717, 1.165) is 23.8 Å². The molecule has 1 fully saturated rings. The molecule has 0 saturated heterocycles. The molecule has 3 heterocycles. The topological polar surface area (TPSA) is 75.6 Å². The third-order valence-corrected chi connectivity index (χ3v) is 4.25. The molecule has 1 saturated carbocycles. The zero-order valence-electron chi connectivity index (χ0n) is 11.9. The van der Waals surface area contributed by atoms with Gasteiger partial charge in [-0.15, -0.1) is 0 Å². The van der Waals surface area contributed by atoms with E-state index >= 15 is 0 Å². The number of fused-ring (bicyclic) bond motifs is 1. The Labute approximate surface area is 131 Å². The van der Waals surface area contributed by atoms with Crippen LogP contribution in [0.4, 0.5) is 0 Å². The minimum Gasteiger partial charge on any atom is -0.341 e. The van der Waals surface area contributed by atoms with Crippen LogP contribution in [0.25, 0.3) is 11.0 Å². The van der Waals surface area contributed by atoms with Crippen LogP contribution in [0.2, 0.25) is 5.02 Å². The van der Waals surface area contributed by atoms with Crippen LogP contribution in [0.5, 0.6) is 0 Å². The van der Waals surface area contributed by atoms with Gasteiger partial charge in [0.15, 0.2) is 0 Å². The molecule has 0 unspecified atom stereocenters. The second-order valence-electron chi connectivity index (χ2n) is 5.71. The van der Waals surface area contributed by atoms with E-state index in [9.17, 15) is 4.79 Å². The zero-order chi connectivity index (χ0) is 15.3. The first-order chi connectivity index (χ1) is 10.6. The number of carbonyl (C=O) groups excluding carboxylic acids is 1. The lowest BCUT2D eigenvalue weighted by molar-refractivity contribution is 0.0926. The highest BCUT2D eigenvalue weighted by atomic mass is 35.5. The van der Waals surface area contributed by atoms with Gasteiger partial charge in [-0.1, -0.05) is 11.6 Å². The first-order valence-electron chi connectivity index (χ1n) is 7.02. The minimum atomic E-state index is -0.284. The third-order valence-electron chi connectivity index (χ3n) is 4.04. The first-order valence-corrected chi connectivity index (χ1v) is 7.39. The summed E-state index contributed by atoms with van der Waals surface area (Å²) in [5.74, 6) is -0.143. The fraction of sp³-hybridized carbons (Fsp3) is 0.267. The molecule has 6 nitrogen and oxygen atoms in total. The number of carbonyl (C=O) groups is 1. The van der Waals surface area contributed by atoms with Crippen molar-refractivity contribution >= 4 is 28.5 Å². The van der Waals surface area contributed by atoms with E-state index in [1.165, 1.54) is 0 Å². The molecule has 4 rings (SSSR count). The monoisotopic (exact) mass is 315 g/mol. The molecule has 2 N–H and O–H groups in total. The average Bonchev–Trinajstić information content (AvgIpc) is 2.94. The van der Waals surface area contributed by atoms with E-state index in [0.29, 0.717) is 16.4 Å². The Morgan fingerprint density at radius 3 is 2.91 bits per heavy atom. The second kappa shape index (κ2) is 4.58. The van der Waals surface area contributed by atoms with Gasteiger partial charge in [-0.05, 0) is 25.0 Å². The van der Waals surface area contributed by atoms with Crippen LogP contribution in [0.1, 0.15) is 28.9 Å². The van der Waals surface area contributed by atoms with Crippen molar-refractivity contribution in [1.29, 1.82) is 0 Å². The van der Waals surface area contributed by atoms with Crippen LogP contribution in [0.15, 0.2) is 30.7 Å². The number of nitrogens with zero attached hydrogens (tertiary/aromatic N) is 3. The van der Waals surface area contributed by atoms with Crippen LogP contribution in [-0.4, -0.2) is 25.7 Å². The lowest BCUT2D eigenvalue weighted by Crippen LogP contribution is -2.34. The fourth-order valence-corrected chi connectivity index (χ4v) is 2.84. The van der Waals surface area contributed by atoms with Crippen molar-refractivity contribution in [2.24, 2.45) is 7.05 Å². The van der Waals surface area contributed by atoms with Crippen molar-refractivity contribution in [1.82, 2.24) is 25.1 Å². The normalized spacial score (nSPS) is 15.9. The van der Waals surface area contributed by atoms with Gasteiger partial charge in [-0.3, -0.25) is 9.48 Å². The number of aryl methyl sites for hydroxylation is 1. The van der Waals surface area contributed by atoms with E-state index in [-0.39, 0.29) is 11.4 Å². The van der Waals surface area contributed by atoms with E-state index in [1.807, 2.05) is 13.2 Å². The maximum Gasteiger partial charge on any atom is 0.268 e. The van der Waals surface area contributed by atoms with Crippen molar-refractivity contribution in [2.45, 2.75) is 18.4 Å². The molecule has 3 aromatic heterocycles. The minimum absolute atomic E-state index is 0.143. The van der Waals surface area contributed by atoms with Crippen LogP contribution in [0.3, 0.4) is 0 Å². The van der Waals surface area contributed by atoms with Crippen molar-refractivity contribution in [3.63, 3.8) is 0 Å². The second-order valence-corrected chi connectivity index (χ2v) is 6.15. The smallest absolute Gasteiger partial charge is 0.268 e. The number of nitrogens with one attached hydrogen (secondary N) is 2. The average molecular weight is 316 g/mol. The summed E-state index contributed by atoms with van der Waals surface area (Å²) in [5, 5.41) is 8.66. The number of aromatic nitrogens is 4. The Morgan fingerprint density at radius 1 is 1.41 bits per heavy atom. The van der Waals surface area contributed by atoms with Gasteiger partial charge in [0.1, 0.15) is 11.3 Å². The van der Waals surface area contributed by atoms with Gasteiger partial charge in [0.25, 0.3) is 5.91 Å². The third kappa shape index (κ3) is 2.16. The Balaban J connectivity index is 1.61. The molecular weight excluding hydrogens is 302 g/mol. The Morgan fingerprint density at radius 2 is 2.23 bits per heavy atom. The summed E-state index contributed by atoms with van der Waals surface area (Å²) in [7, 11) is 1.87. The zero-order valence-corrected chi connectivity index (χ0v) is 12.7. The molecule has 0 radical (unpaired) electrons. The highest BCUT2D eigenvalue weighted by Crippen LogP contribution is 2.45. The van der Waals surface area contributed by atoms with Gasteiger partial charge in [0, 0.05) is 30.4 Å². The number of amides is 1. The maximum absolute atomic E-state index is 12.5. The van der Waals surface area contributed by atoms with E-state index in [2.05, 4.69) is 20.4 Å². The summed E-state index contributed by atoms with van der Waals surface area (Å²) >= 11 is 5.92.